The molecule has 3 rings (SSSR count). The van der Waals surface area contributed by atoms with Crippen LogP contribution in [-0.4, -0.2) is 34.1 Å². The first-order chi connectivity index (χ1) is 13.4. The maximum absolute atomic E-state index is 13.1. The zero-order valence-corrected chi connectivity index (χ0v) is 15.7. The number of carbonyl (C=O) groups is 2. The van der Waals surface area contributed by atoms with E-state index in [1.54, 1.807) is 0 Å². The molecular formula is C17H12FN3O5S2. The lowest BCUT2D eigenvalue weighted by Gasteiger charge is -2.07. The fourth-order valence-electron chi connectivity index (χ4n) is 2.17. The maximum Gasteiger partial charge on any atom is 0.316 e. The Hall–Kier alpha value is -3.05. The standard InChI is InChI=1S/C17H12FN3O5S2/c18-10-5-6-11(13(7-10)21(24)25)19-15(22)8-26-16(23)9-27-17-20-12-3-1-2-4-14(12)28-17/h1-7H,8-9H2,(H,19,22). The lowest BCUT2D eigenvalue weighted by molar-refractivity contribution is -0.384. The average Bonchev–Trinajstić information content (AvgIpc) is 3.09. The van der Waals surface area contributed by atoms with Crippen LogP contribution in [0.25, 0.3) is 10.2 Å². The molecule has 11 heteroatoms. The number of nitro groups is 1. The molecule has 0 saturated heterocycles. The van der Waals surface area contributed by atoms with Crippen molar-refractivity contribution in [1.29, 1.82) is 0 Å². The first-order valence-corrected chi connectivity index (χ1v) is 9.60. The summed E-state index contributed by atoms with van der Waals surface area (Å²) in [7, 11) is 0. The third-order valence-electron chi connectivity index (χ3n) is 3.38. The summed E-state index contributed by atoms with van der Waals surface area (Å²) in [4.78, 5) is 38.1. The van der Waals surface area contributed by atoms with Gasteiger partial charge in [-0.1, -0.05) is 23.9 Å². The van der Waals surface area contributed by atoms with Gasteiger partial charge in [0.05, 0.1) is 27.0 Å². The highest BCUT2D eigenvalue weighted by Crippen LogP contribution is 2.29. The van der Waals surface area contributed by atoms with Crippen molar-refractivity contribution in [3.05, 3.63) is 58.4 Å². The van der Waals surface area contributed by atoms with E-state index in [9.17, 15) is 24.1 Å². The summed E-state index contributed by atoms with van der Waals surface area (Å²) < 4.78 is 19.7. The van der Waals surface area contributed by atoms with Crippen LogP contribution < -0.4 is 5.32 Å². The number of aromatic nitrogens is 1. The number of ether oxygens (including phenoxy) is 1. The summed E-state index contributed by atoms with van der Waals surface area (Å²) in [5.41, 5.74) is 0.0611. The molecule has 1 heterocycles. The molecule has 28 heavy (non-hydrogen) atoms. The van der Waals surface area contributed by atoms with Gasteiger partial charge in [-0.3, -0.25) is 19.7 Å². The number of benzene rings is 2. The van der Waals surface area contributed by atoms with E-state index in [0.29, 0.717) is 10.4 Å². The fraction of sp³-hybridized carbons (Fsp3) is 0.118. The van der Waals surface area contributed by atoms with Gasteiger partial charge in [0.2, 0.25) is 0 Å². The number of carbonyl (C=O) groups excluding carboxylic acids is 2. The number of rotatable bonds is 7. The number of anilines is 1. The number of hydrogen-bond donors (Lipinski definition) is 1. The second-order valence-corrected chi connectivity index (χ2v) is 7.62. The van der Waals surface area contributed by atoms with Gasteiger partial charge < -0.3 is 10.1 Å². The molecule has 2 aromatic carbocycles. The van der Waals surface area contributed by atoms with Gasteiger partial charge in [-0.2, -0.15) is 0 Å². The summed E-state index contributed by atoms with van der Waals surface area (Å²) in [6.07, 6.45) is 0. The van der Waals surface area contributed by atoms with Crippen LogP contribution in [0.2, 0.25) is 0 Å². The molecule has 0 fully saturated rings. The Morgan fingerprint density at radius 1 is 1.29 bits per heavy atom. The average molecular weight is 421 g/mol. The Balaban J connectivity index is 1.49. The van der Waals surface area contributed by atoms with Crippen molar-refractivity contribution in [3.63, 3.8) is 0 Å². The molecule has 3 aromatic rings. The van der Waals surface area contributed by atoms with E-state index in [-0.39, 0.29) is 11.4 Å². The van der Waals surface area contributed by atoms with Gasteiger partial charge in [0.1, 0.15) is 11.5 Å². The minimum atomic E-state index is -0.820. The first kappa shape index (κ1) is 19.7. The number of thiazole rings is 1. The highest BCUT2D eigenvalue weighted by atomic mass is 32.2. The maximum atomic E-state index is 13.1. The predicted octanol–water partition coefficient (Wildman–Crippen LogP) is 3.62. The van der Waals surface area contributed by atoms with Crippen molar-refractivity contribution >= 4 is 56.6 Å². The largest absolute Gasteiger partial charge is 0.455 e. The number of amides is 1. The minimum Gasteiger partial charge on any atom is -0.455 e. The lowest BCUT2D eigenvalue weighted by atomic mass is 10.2. The molecule has 0 saturated carbocycles. The Labute approximate surface area is 165 Å². The molecule has 0 aliphatic heterocycles. The summed E-state index contributed by atoms with van der Waals surface area (Å²) >= 11 is 2.63. The van der Waals surface area contributed by atoms with Gasteiger partial charge in [0, 0.05) is 0 Å². The van der Waals surface area contributed by atoms with Gasteiger partial charge in [0.25, 0.3) is 11.6 Å². The number of nitro benzene ring substituents is 1. The third-order valence-corrected chi connectivity index (χ3v) is 5.54. The number of halogens is 1. The van der Waals surface area contributed by atoms with Crippen molar-refractivity contribution in [3.8, 4) is 0 Å². The van der Waals surface area contributed by atoms with Gasteiger partial charge in [0.15, 0.2) is 10.9 Å². The van der Waals surface area contributed by atoms with Crippen LogP contribution in [0.5, 0.6) is 0 Å². The van der Waals surface area contributed by atoms with E-state index in [2.05, 4.69) is 10.3 Å². The summed E-state index contributed by atoms with van der Waals surface area (Å²) in [5.74, 6) is -2.24. The summed E-state index contributed by atoms with van der Waals surface area (Å²) in [6.45, 7) is -0.617. The number of nitrogens with one attached hydrogen (secondary N) is 1. The second-order valence-electron chi connectivity index (χ2n) is 5.36. The van der Waals surface area contributed by atoms with E-state index in [4.69, 9.17) is 4.74 Å². The first-order valence-electron chi connectivity index (χ1n) is 7.80. The molecule has 0 unspecified atom stereocenters. The monoisotopic (exact) mass is 421 g/mol. The topological polar surface area (TPSA) is 111 Å². The quantitative estimate of drug-likeness (QED) is 0.268. The van der Waals surface area contributed by atoms with E-state index < -0.39 is 34.9 Å². The number of esters is 1. The molecule has 0 bridgehead atoms. The lowest BCUT2D eigenvalue weighted by Crippen LogP contribution is -2.22. The Morgan fingerprint density at radius 2 is 2.07 bits per heavy atom. The van der Waals surface area contributed by atoms with Crippen molar-refractivity contribution in [2.75, 3.05) is 17.7 Å². The van der Waals surface area contributed by atoms with E-state index in [1.807, 2.05) is 24.3 Å². The molecule has 0 spiro atoms. The molecular weight excluding hydrogens is 409 g/mol. The van der Waals surface area contributed by atoms with Crippen LogP contribution in [0.1, 0.15) is 0 Å². The van der Waals surface area contributed by atoms with Crippen LogP contribution in [-0.2, 0) is 14.3 Å². The SMILES string of the molecule is O=C(COC(=O)CSc1nc2ccccc2s1)Nc1ccc(F)cc1[N+](=O)[O-]. The van der Waals surface area contributed by atoms with Crippen molar-refractivity contribution in [2.24, 2.45) is 0 Å². The second kappa shape index (κ2) is 8.76. The van der Waals surface area contributed by atoms with Gasteiger partial charge in [-0.15, -0.1) is 11.3 Å². The molecule has 144 valence electrons. The van der Waals surface area contributed by atoms with Crippen LogP contribution in [0.4, 0.5) is 15.8 Å². The number of fused-ring (bicyclic) bond motifs is 1. The molecule has 0 aliphatic carbocycles. The van der Waals surface area contributed by atoms with E-state index in [1.165, 1.54) is 23.1 Å². The van der Waals surface area contributed by atoms with Crippen LogP contribution in [0.3, 0.4) is 0 Å². The van der Waals surface area contributed by atoms with Gasteiger partial charge >= 0.3 is 5.97 Å². The van der Waals surface area contributed by atoms with Crippen LogP contribution in [0.15, 0.2) is 46.8 Å². The van der Waals surface area contributed by atoms with Gasteiger partial charge in [-0.25, -0.2) is 9.37 Å². The Morgan fingerprint density at radius 3 is 2.82 bits per heavy atom. The molecule has 0 aliphatic rings. The zero-order valence-electron chi connectivity index (χ0n) is 14.1. The molecule has 0 atom stereocenters. The van der Waals surface area contributed by atoms with Crippen LogP contribution >= 0.6 is 23.1 Å². The molecule has 1 N–H and O–H groups in total. The number of nitrogens with zero attached hydrogens (tertiary/aromatic N) is 2. The fourth-order valence-corrected chi connectivity index (χ4v) is 4.04. The minimum absolute atomic E-state index is 0.0379. The van der Waals surface area contributed by atoms with E-state index in [0.717, 1.165) is 22.3 Å². The molecule has 1 amide bonds. The number of hydrogen-bond acceptors (Lipinski definition) is 8. The summed E-state index contributed by atoms with van der Waals surface area (Å²) in [6, 6.07) is 10.3. The highest BCUT2D eigenvalue weighted by Gasteiger charge is 2.18. The van der Waals surface area contributed by atoms with Crippen molar-refractivity contribution < 1.29 is 23.6 Å². The third kappa shape index (κ3) is 5.02. The predicted molar refractivity (Wildman–Crippen MR) is 103 cm³/mol. The van der Waals surface area contributed by atoms with E-state index >= 15 is 0 Å². The number of para-hydroxylation sites is 1. The normalized spacial score (nSPS) is 10.6. The van der Waals surface area contributed by atoms with Crippen molar-refractivity contribution in [2.45, 2.75) is 4.34 Å². The molecule has 1 aromatic heterocycles. The summed E-state index contributed by atoms with van der Waals surface area (Å²) in [5, 5.41) is 13.1. The van der Waals surface area contributed by atoms with Crippen LogP contribution in [0, 0.1) is 15.9 Å². The molecule has 8 nitrogen and oxygen atoms in total. The zero-order chi connectivity index (χ0) is 20.1. The van der Waals surface area contributed by atoms with Gasteiger partial charge in [-0.05, 0) is 24.3 Å². The molecule has 0 radical (unpaired) electrons. The highest BCUT2D eigenvalue weighted by molar-refractivity contribution is 8.01. The Kier molecular flexibility index (Phi) is 6.16. The Bertz CT molecular complexity index is 1020. The number of thioether (sulfide) groups is 1. The van der Waals surface area contributed by atoms with Crippen molar-refractivity contribution in [1.82, 2.24) is 4.98 Å². The smallest absolute Gasteiger partial charge is 0.316 e.